The number of anilines is 2. The number of rotatable bonds is 3. The lowest BCUT2D eigenvalue weighted by Crippen LogP contribution is -2.19. The fourth-order valence-electron chi connectivity index (χ4n) is 2.88. The van der Waals surface area contributed by atoms with Gasteiger partial charge in [-0.15, -0.1) is 0 Å². The summed E-state index contributed by atoms with van der Waals surface area (Å²) in [6, 6.07) is 14.5. The summed E-state index contributed by atoms with van der Waals surface area (Å²) < 4.78 is 15.1. The lowest BCUT2D eigenvalue weighted by atomic mass is 10.1. The number of aryl methyl sites for hydroxylation is 1. The second kappa shape index (κ2) is 6.87. The van der Waals surface area contributed by atoms with Crippen LogP contribution in [0, 0.1) is 12.7 Å². The molecule has 2 aromatic heterocycles. The van der Waals surface area contributed by atoms with Gasteiger partial charge in [0.05, 0.1) is 5.69 Å². The van der Waals surface area contributed by atoms with Crippen LogP contribution in [0.3, 0.4) is 0 Å². The van der Waals surface area contributed by atoms with Gasteiger partial charge in [-0.1, -0.05) is 18.2 Å². The molecule has 2 amide bonds. The van der Waals surface area contributed by atoms with Gasteiger partial charge < -0.3 is 10.6 Å². The van der Waals surface area contributed by atoms with Crippen LogP contribution in [0.4, 0.5) is 20.6 Å². The van der Waals surface area contributed by atoms with E-state index in [1.807, 2.05) is 41.8 Å². The molecule has 0 spiro atoms. The standard InChI is InChI=1S/C20H16FN5O/c1-13-18(25-19-22-9-4-10-26(13)19)14-5-2-7-16(11-14)23-20(27)24-17-8-3-6-15(21)12-17/h2-12H,1H3,(H2,23,24,27). The van der Waals surface area contributed by atoms with E-state index in [-0.39, 0.29) is 0 Å². The lowest BCUT2D eigenvalue weighted by molar-refractivity contribution is 0.262. The van der Waals surface area contributed by atoms with Crippen molar-refractivity contribution in [2.45, 2.75) is 6.92 Å². The average Bonchev–Trinajstić information content (AvgIpc) is 2.99. The molecular formula is C20H16FN5O. The second-order valence-corrected chi connectivity index (χ2v) is 6.01. The van der Waals surface area contributed by atoms with E-state index in [1.54, 1.807) is 18.3 Å². The molecule has 4 rings (SSSR count). The zero-order valence-corrected chi connectivity index (χ0v) is 14.5. The Balaban J connectivity index is 1.57. The van der Waals surface area contributed by atoms with Crippen molar-refractivity contribution in [1.29, 1.82) is 0 Å². The van der Waals surface area contributed by atoms with E-state index < -0.39 is 11.8 Å². The van der Waals surface area contributed by atoms with Crippen molar-refractivity contribution in [3.63, 3.8) is 0 Å². The van der Waals surface area contributed by atoms with Crippen LogP contribution in [-0.2, 0) is 0 Å². The van der Waals surface area contributed by atoms with Crippen molar-refractivity contribution in [2.75, 3.05) is 10.6 Å². The molecule has 0 aliphatic carbocycles. The van der Waals surface area contributed by atoms with Gasteiger partial charge >= 0.3 is 6.03 Å². The van der Waals surface area contributed by atoms with Crippen LogP contribution >= 0.6 is 0 Å². The van der Waals surface area contributed by atoms with Crippen LogP contribution in [-0.4, -0.2) is 20.4 Å². The molecule has 6 nitrogen and oxygen atoms in total. The van der Waals surface area contributed by atoms with Gasteiger partial charge in [-0.2, -0.15) is 0 Å². The molecule has 4 aromatic rings. The first-order valence-corrected chi connectivity index (χ1v) is 8.34. The summed E-state index contributed by atoms with van der Waals surface area (Å²) in [6.07, 6.45) is 3.60. The van der Waals surface area contributed by atoms with E-state index in [0.29, 0.717) is 17.2 Å². The summed E-state index contributed by atoms with van der Waals surface area (Å²) in [5, 5.41) is 5.35. The van der Waals surface area contributed by atoms with Crippen LogP contribution in [0.25, 0.3) is 17.0 Å². The van der Waals surface area contributed by atoms with Crippen LogP contribution in [0.1, 0.15) is 5.69 Å². The summed E-state index contributed by atoms with van der Waals surface area (Å²) >= 11 is 0. The predicted octanol–water partition coefficient (Wildman–Crippen LogP) is 4.49. The minimum atomic E-state index is -0.453. The zero-order valence-electron chi connectivity index (χ0n) is 14.5. The van der Waals surface area contributed by atoms with Gasteiger partial charge in [0.1, 0.15) is 5.82 Å². The maximum Gasteiger partial charge on any atom is 0.323 e. The van der Waals surface area contributed by atoms with Crippen molar-refractivity contribution < 1.29 is 9.18 Å². The summed E-state index contributed by atoms with van der Waals surface area (Å²) in [6.45, 7) is 1.97. The number of halogens is 1. The van der Waals surface area contributed by atoms with Crippen LogP contribution in [0.2, 0.25) is 0 Å². The lowest BCUT2D eigenvalue weighted by Gasteiger charge is -2.09. The maximum absolute atomic E-state index is 13.2. The first kappa shape index (κ1) is 16.7. The Labute approximate surface area is 154 Å². The van der Waals surface area contributed by atoms with Gasteiger partial charge in [-0.25, -0.2) is 19.2 Å². The molecule has 0 unspecified atom stereocenters. The summed E-state index contributed by atoms with van der Waals surface area (Å²) in [7, 11) is 0. The third-order valence-corrected chi connectivity index (χ3v) is 4.12. The number of hydrogen-bond acceptors (Lipinski definition) is 3. The topological polar surface area (TPSA) is 71.3 Å². The van der Waals surface area contributed by atoms with E-state index >= 15 is 0 Å². The van der Waals surface area contributed by atoms with Gasteiger partial charge in [-0.3, -0.25) is 4.40 Å². The van der Waals surface area contributed by atoms with Crippen molar-refractivity contribution >= 4 is 23.2 Å². The van der Waals surface area contributed by atoms with E-state index in [2.05, 4.69) is 20.6 Å². The Morgan fingerprint density at radius 2 is 1.78 bits per heavy atom. The van der Waals surface area contributed by atoms with Gasteiger partial charge in [0.15, 0.2) is 0 Å². The minimum absolute atomic E-state index is 0.380. The molecule has 0 fully saturated rings. The molecular weight excluding hydrogens is 345 g/mol. The number of fused-ring (bicyclic) bond motifs is 1. The van der Waals surface area contributed by atoms with Crippen LogP contribution < -0.4 is 10.6 Å². The molecule has 0 saturated heterocycles. The maximum atomic E-state index is 13.2. The highest BCUT2D eigenvalue weighted by Crippen LogP contribution is 2.25. The molecule has 134 valence electrons. The van der Waals surface area contributed by atoms with Gasteiger partial charge in [0.25, 0.3) is 0 Å². The molecule has 0 atom stereocenters. The van der Waals surface area contributed by atoms with Crippen molar-refractivity contribution in [1.82, 2.24) is 14.4 Å². The second-order valence-electron chi connectivity index (χ2n) is 6.01. The van der Waals surface area contributed by atoms with E-state index in [9.17, 15) is 9.18 Å². The monoisotopic (exact) mass is 361 g/mol. The molecule has 2 N–H and O–H groups in total. The molecule has 0 aliphatic rings. The summed E-state index contributed by atoms with van der Waals surface area (Å²) in [5.41, 5.74) is 3.60. The summed E-state index contributed by atoms with van der Waals surface area (Å²) in [5.74, 6) is 0.206. The molecule has 7 heteroatoms. The third-order valence-electron chi connectivity index (χ3n) is 4.12. The highest BCUT2D eigenvalue weighted by molar-refractivity contribution is 6.00. The first-order chi connectivity index (χ1) is 13.1. The van der Waals surface area contributed by atoms with Crippen LogP contribution in [0.15, 0.2) is 67.0 Å². The largest absolute Gasteiger partial charge is 0.323 e. The van der Waals surface area contributed by atoms with Gasteiger partial charge in [0, 0.05) is 35.0 Å². The van der Waals surface area contributed by atoms with Crippen molar-refractivity contribution in [2.24, 2.45) is 0 Å². The van der Waals surface area contributed by atoms with Gasteiger partial charge in [-0.05, 0) is 43.3 Å². The summed E-state index contributed by atoms with van der Waals surface area (Å²) in [4.78, 5) is 21.0. The Bertz CT molecular complexity index is 1140. The number of nitrogens with one attached hydrogen (secondary N) is 2. The molecule has 2 heterocycles. The van der Waals surface area contributed by atoms with Crippen molar-refractivity contribution in [3.8, 4) is 11.3 Å². The molecule has 0 aliphatic heterocycles. The molecule has 0 saturated carbocycles. The third kappa shape index (κ3) is 3.48. The number of aromatic nitrogens is 3. The number of nitrogens with zero attached hydrogens (tertiary/aromatic N) is 3. The number of amides is 2. The average molecular weight is 361 g/mol. The Morgan fingerprint density at radius 1 is 1.04 bits per heavy atom. The number of urea groups is 1. The quantitative estimate of drug-likeness (QED) is 0.565. The van der Waals surface area contributed by atoms with Gasteiger partial charge in [0.2, 0.25) is 5.78 Å². The fourth-order valence-corrected chi connectivity index (χ4v) is 2.88. The Morgan fingerprint density at radius 3 is 2.52 bits per heavy atom. The number of carbonyl (C=O) groups is 1. The number of imidazole rings is 1. The van der Waals surface area contributed by atoms with E-state index in [0.717, 1.165) is 17.0 Å². The normalized spacial score (nSPS) is 10.7. The first-order valence-electron chi connectivity index (χ1n) is 8.34. The van der Waals surface area contributed by atoms with E-state index in [1.165, 1.54) is 18.2 Å². The zero-order chi connectivity index (χ0) is 18.8. The minimum Gasteiger partial charge on any atom is -0.308 e. The number of hydrogen-bond donors (Lipinski definition) is 2. The number of carbonyl (C=O) groups excluding carboxylic acids is 1. The Kier molecular flexibility index (Phi) is 4.25. The van der Waals surface area contributed by atoms with E-state index in [4.69, 9.17) is 0 Å². The molecule has 0 bridgehead atoms. The molecule has 2 aromatic carbocycles. The Hall–Kier alpha value is -3.74. The highest BCUT2D eigenvalue weighted by Gasteiger charge is 2.12. The smallest absolute Gasteiger partial charge is 0.308 e. The van der Waals surface area contributed by atoms with Crippen molar-refractivity contribution in [3.05, 3.63) is 78.5 Å². The SMILES string of the molecule is Cc1c(-c2cccc(NC(=O)Nc3cccc(F)c3)c2)nc2ncccn12. The van der Waals surface area contributed by atoms with Crippen LogP contribution in [0.5, 0.6) is 0 Å². The predicted molar refractivity (Wildman–Crippen MR) is 102 cm³/mol. The molecule has 0 radical (unpaired) electrons. The highest BCUT2D eigenvalue weighted by atomic mass is 19.1. The number of benzene rings is 2. The molecule has 27 heavy (non-hydrogen) atoms. The fraction of sp³-hybridized carbons (Fsp3) is 0.0500.